The van der Waals surface area contributed by atoms with Crippen molar-refractivity contribution in [1.29, 1.82) is 0 Å². The second-order valence-corrected chi connectivity index (χ2v) is 11.3. The number of carbonyl (C=O) groups is 1. The van der Waals surface area contributed by atoms with Crippen LogP contribution in [-0.2, 0) is 9.22 Å². The Hall–Kier alpha value is -0.153. The first kappa shape index (κ1) is 15.8. The predicted octanol–water partition coefficient (Wildman–Crippen LogP) is 4.01. The molecule has 0 N–H and O–H groups in total. The molecule has 0 fully saturated rings. The highest BCUT2D eigenvalue weighted by Gasteiger charge is 2.39. The third-order valence-corrected chi connectivity index (χ3v) is 7.90. The molecule has 1 atom stereocenters. The molecule has 0 amide bonds. The van der Waals surface area contributed by atoms with Crippen molar-refractivity contribution < 1.29 is 9.22 Å². The lowest BCUT2D eigenvalue weighted by Gasteiger charge is -2.39. The maximum Gasteiger partial charge on any atom is 0.192 e. The number of rotatable bonds is 6. The quantitative estimate of drug-likeness (QED) is 0.521. The van der Waals surface area contributed by atoms with Crippen LogP contribution < -0.4 is 0 Å². The molecule has 96 valence electrons. The summed E-state index contributed by atoms with van der Waals surface area (Å²) >= 11 is 0. The Labute approximate surface area is 102 Å². The molecule has 0 aromatic heterocycles. The first-order chi connectivity index (χ1) is 7.10. The molecule has 0 spiro atoms. The van der Waals surface area contributed by atoms with Gasteiger partial charge in [0, 0.05) is 6.42 Å². The molecule has 0 radical (unpaired) electrons. The Kier molecular flexibility index (Phi) is 5.91. The van der Waals surface area contributed by atoms with E-state index in [0.29, 0.717) is 12.3 Å². The zero-order valence-electron chi connectivity index (χ0n) is 12.0. The summed E-state index contributed by atoms with van der Waals surface area (Å²) in [6.07, 6.45) is 2.61. The van der Waals surface area contributed by atoms with Crippen molar-refractivity contribution in [3.63, 3.8) is 0 Å². The molecular formula is C13H28O2Si. The van der Waals surface area contributed by atoms with E-state index in [2.05, 4.69) is 47.7 Å². The molecule has 16 heavy (non-hydrogen) atoms. The van der Waals surface area contributed by atoms with Crippen molar-refractivity contribution >= 4 is 14.6 Å². The minimum Gasteiger partial charge on any atom is -0.413 e. The van der Waals surface area contributed by atoms with Gasteiger partial charge >= 0.3 is 0 Å². The minimum absolute atomic E-state index is 0.110. The topological polar surface area (TPSA) is 26.3 Å². The van der Waals surface area contributed by atoms with Crippen molar-refractivity contribution in [3.05, 3.63) is 0 Å². The third-order valence-electron chi connectivity index (χ3n) is 3.36. The Bertz CT molecular complexity index is 216. The van der Waals surface area contributed by atoms with Crippen LogP contribution in [0.5, 0.6) is 0 Å². The smallest absolute Gasteiger partial charge is 0.192 e. The van der Waals surface area contributed by atoms with E-state index < -0.39 is 8.32 Å². The fourth-order valence-corrected chi connectivity index (χ4v) is 2.80. The van der Waals surface area contributed by atoms with E-state index >= 15 is 0 Å². The largest absolute Gasteiger partial charge is 0.413 e. The van der Waals surface area contributed by atoms with E-state index in [-0.39, 0.29) is 11.1 Å². The highest BCUT2D eigenvalue weighted by Crippen LogP contribution is 2.38. The molecule has 0 aromatic carbocycles. The summed E-state index contributed by atoms with van der Waals surface area (Å²) < 4.78 is 6.26. The molecule has 2 nitrogen and oxygen atoms in total. The van der Waals surface area contributed by atoms with Gasteiger partial charge in [0.2, 0.25) is 0 Å². The normalized spacial score (nSPS) is 15.2. The summed E-state index contributed by atoms with van der Waals surface area (Å²) in [7, 11) is -1.73. The van der Waals surface area contributed by atoms with Gasteiger partial charge in [-0.25, -0.2) is 0 Å². The predicted molar refractivity (Wildman–Crippen MR) is 72.2 cm³/mol. The summed E-state index contributed by atoms with van der Waals surface area (Å²) in [5.41, 5.74) is 0. The summed E-state index contributed by atoms with van der Waals surface area (Å²) in [6, 6.07) is 0. The fraction of sp³-hybridized carbons (Fsp3) is 0.923. The average Bonchev–Trinajstić information content (AvgIpc) is 1.99. The standard InChI is InChI=1S/C13H28O2Si/c1-11(2)10-12(8-9-14)15-16(6,7)13(3,4)5/h9,11-12H,8,10H2,1-7H3/t12-/m0/s1. The first-order valence-electron chi connectivity index (χ1n) is 6.21. The maximum absolute atomic E-state index is 10.7. The number of carbonyl (C=O) groups excluding carboxylic acids is 1. The van der Waals surface area contributed by atoms with Crippen LogP contribution in [-0.4, -0.2) is 20.7 Å². The van der Waals surface area contributed by atoms with Crippen molar-refractivity contribution in [2.24, 2.45) is 5.92 Å². The zero-order valence-corrected chi connectivity index (χ0v) is 13.0. The summed E-state index contributed by atoms with van der Waals surface area (Å²) in [4.78, 5) is 10.7. The molecule has 3 heteroatoms. The lowest BCUT2D eigenvalue weighted by Crippen LogP contribution is -2.44. The second kappa shape index (κ2) is 5.96. The number of hydrogen-bond donors (Lipinski definition) is 0. The summed E-state index contributed by atoms with van der Waals surface area (Å²) in [5, 5.41) is 0.213. The maximum atomic E-state index is 10.7. The van der Waals surface area contributed by atoms with E-state index in [0.717, 1.165) is 12.7 Å². The molecule has 0 aliphatic heterocycles. The zero-order chi connectivity index (χ0) is 13.0. The molecule has 0 aliphatic carbocycles. The van der Waals surface area contributed by atoms with Crippen LogP contribution in [0, 0.1) is 5.92 Å². The van der Waals surface area contributed by atoms with Gasteiger partial charge in [0.15, 0.2) is 8.32 Å². The van der Waals surface area contributed by atoms with Gasteiger partial charge in [0.1, 0.15) is 6.29 Å². The van der Waals surface area contributed by atoms with Crippen LogP contribution in [0.1, 0.15) is 47.5 Å². The van der Waals surface area contributed by atoms with Crippen LogP contribution in [0.4, 0.5) is 0 Å². The Balaban J connectivity index is 4.55. The van der Waals surface area contributed by atoms with Gasteiger partial charge < -0.3 is 9.22 Å². The van der Waals surface area contributed by atoms with Gasteiger partial charge in [0.25, 0.3) is 0 Å². The lowest BCUT2D eigenvalue weighted by molar-refractivity contribution is -0.109. The highest BCUT2D eigenvalue weighted by molar-refractivity contribution is 6.74. The Morgan fingerprint density at radius 1 is 1.25 bits per heavy atom. The molecule has 0 rings (SSSR count). The molecule has 0 saturated heterocycles. The molecule has 0 aliphatic rings. The first-order valence-corrected chi connectivity index (χ1v) is 9.12. The van der Waals surface area contributed by atoms with Crippen LogP contribution in [0.15, 0.2) is 0 Å². The molecule has 0 unspecified atom stereocenters. The molecule has 0 heterocycles. The average molecular weight is 244 g/mol. The molecule has 0 bridgehead atoms. The number of aldehydes is 1. The van der Waals surface area contributed by atoms with E-state index in [9.17, 15) is 4.79 Å². The van der Waals surface area contributed by atoms with Crippen molar-refractivity contribution in [3.8, 4) is 0 Å². The van der Waals surface area contributed by atoms with Gasteiger partial charge in [-0.2, -0.15) is 0 Å². The van der Waals surface area contributed by atoms with Crippen molar-refractivity contribution in [2.45, 2.75) is 71.7 Å². The monoisotopic (exact) mass is 244 g/mol. The summed E-state index contributed by atoms with van der Waals surface area (Å²) in [6.45, 7) is 15.5. The fourth-order valence-electron chi connectivity index (χ4n) is 1.42. The van der Waals surface area contributed by atoms with Crippen LogP contribution in [0.2, 0.25) is 18.1 Å². The van der Waals surface area contributed by atoms with Crippen LogP contribution in [0.3, 0.4) is 0 Å². The lowest BCUT2D eigenvalue weighted by atomic mass is 10.0. The van der Waals surface area contributed by atoms with Gasteiger partial charge in [-0.3, -0.25) is 0 Å². The van der Waals surface area contributed by atoms with Gasteiger partial charge in [-0.1, -0.05) is 34.6 Å². The second-order valence-electron chi connectivity index (χ2n) is 6.53. The van der Waals surface area contributed by atoms with Crippen molar-refractivity contribution in [2.75, 3.05) is 0 Å². The third kappa shape index (κ3) is 5.26. The van der Waals surface area contributed by atoms with Gasteiger partial charge in [-0.15, -0.1) is 0 Å². The number of hydrogen-bond acceptors (Lipinski definition) is 2. The van der Waals surface area contributed by atoms with E-state index in [1.54, 1.807) is 0 Å². The van der Waals surface area contributed by atoms with E-state index in [4.69, 9.17) is 4.43 Å². The minimum atomic E-state index is -1.73. The van der Waals surface area contributed by atoms with E-state index in [1.807, 2.05) is 0 Å². The SMILES string of the molecule is CC(C)C[C@H](CC=O)O[Si](C)(C)C(C)(C)C. The molecule has 0 aromatic rings. The summed E-state index contributed by atoms with van der Waals surface area (Å²) in [5.74, 6) is 0.578. The molecule has 0 saturated carbocycles. The highest BCUT2D eigenvalue weighted by atomic mass is 28.4. The van der Waals surface area contributed by atoms with Gasteiger partial charge in [-0.05, 0) is 30.5 Å². The van der Waals surface area contributed by atoms with Crippen LogP contribution in [0.25, 0.3) is 0 Å². The van der Waals surface area contributed by atoms with Crippen LogP contribution >= 0.6 is 0 Å². The molecular weight excluding hydrogens is 216 g/mol. The van der Waals surface area contributed by atoms with E-state index in [1.165, 1.54) is 0 Å². The Morgan fingerprint density at radius 3 is 2.06 bits per heavy atom. The Morgan fingerprint density at radius 2 is 1.75 bits per heavy atom. The van der Waals surface area contributed by atoms with Crippen molar-refractivity contribution in [1.82, 2.24) is 0 Å². The van der Waals surface area contributed by atoms with Gasteiger partial charge in [0.05, 0.1) is 6.10 Å².